The molecule has 0 bridgehead atoms. The van der Waals surface area contributed by atoms with E-state index in [1.54, 1.807) is 18.2 Å². The van der Waals surface area contributed by atoms with Crippen molar-refractivity contribution in [3.8, 4) is 0 Å². The Kier molecular flexibility index (Phi) is 4.90. The van der Waals surface area contributed by atoms with Crippen LogP contribution in [0.4, 0.5) is 0 Å². The Morgan fingerprint density at radius 3 is 2.31 bits per heavy atom. The maximum Gasteiger partial charge on any atom is 0.373 e. The number of benzene rings is 1. The van der Waals surface area contributed by atoms with Gasteiger partial charge >= 0.3 is 5.97 Å². The zero-order chi connectivity index (χ0) is 18.9. The van der Waals surface area contributed by atoms with Crippen LogP contribution in [0.3, 0.4) is 0 Å². The number of fused-ring (bicyclic) bond motifs is 1. The molecule has 0 fully saturated rings. The first kappa shape index (κ1) is 18.2. The number of carbonyl (C=O) groups excluding carboxylic acids is 3. The van der Waals surface area contributed by atoms with Crippen LogP contribution in [0, 0.1) is 0 Å². The quantitative estimate of drug-likeness (QED) is 0.738. The molecule has 1 N–H and O–H groups in total. The van der Waals surface area contributed by atoms with E-state index in [0.717, 1.165) is 22.5 Å². The van der Waals surface area contributed by atoms with Crippen LogP contribution in [0.2, 0.25) is 0 Å². The number of sulfonamides is 1. The van der Waals surface area contributed by atoms with Crippen molar-refractivity contribution in [2.75, 3.05) is 12.8 Å². The Labute approximate surface area is 153 Å². The summed E-state index contributed by atoms with van der Waals surface area (Å²) in [5.74, 6) is -2.20. The molecular weight excluding hydrogens is 380 g/mol. The summed E-state index contributed by atoms with van der Waals surface area (Å²) in [6.07, 6.45) is 1.46. The highest BCUT2D eigenvalue weighted by molar-refractivity contribution is 7.88. The van der Waals surface area contributed by atoms with Gasteiger partial charge in [-0.15, -0.1) is 11.3 Å². The third-order valence-corrected chi connectivity index (χ3v) is 5.38. The zero-order valence-electron chi connectivity index (χ0n) is 13.6. The largest absolute Gasteiger partial charge is 0.373 e. The van der Waals surface area contributed by atoms with Crippen molar-refractivity contribution in [3.63, 3.8) is 0 Å². The fourth-order valence-corrected chi connectivity index (χ4v) is 3.71. The number of imide groups is 1. The van der Waals surface area contributed by atoms with E-state index in [4.69, 9.17) is 4.84 Å². The maximum atomic E-state index is 12.2. The number of thiophene rings is 1. The van der Waals surface area contributed by atoms with E-state index >= 15 is 0 Å². The van der Waals surface area contributed by atoms with Crippen LogP contribution in [-0.4, -0.2) is 44.1 Å². The third kappa shape index (κ3) is 3.82. The fourth-order valence-electron chi connectivity index (χ4n) is 2.36. The van der Waals surface area contributed by atoms with Crippen molar-refractivity contribution in [2.24, 2.45) is 0 Å². The topological polar surface area (TPSA) is 110 Å². The Morgan fingerprint density at radius 2 is 1.73 bits per heavy atom. The Morgan fingerprint density at radius 1 is 1.12 bits per heavy atom. The normalized spacial score (nSPS) is 13.8. The monoisotopic (exact) mass is 394 g/mol. The molecular formula is C16H14N2O6S2. The summed E-state index contributed by atoms with van der Waals surface area (Å²) < 4.78 is 24.4. The van der Waals surface area contributed by atoms with Gasteiger partial charge in [-0.05, 0) is 30.7 Å². The van der Waals surface area contributed by atoms with E-state index in [2.05, 4.69) is 4.72 Å². The van der Waals surface area contributed by atoms with Crippen LogP contribution < -0.4 is 4.72 Å². The molecule has 3 rings (SSSR count). The molecule has 2 heterocycles. The number of carbonyl (C=O) groups is 3. The van der Waals surface area contributed by atoms with E-state index in [-0.39, 0.29) is 22.5 Å². The van der Waals surface area contributed by atoms with Crippen LogP contribution in [-0.2, 0) is 21.3 Å². The second-order valence-electron chi connectivity index (χ2n) is 5.51. The molecule has 10 heteroatoms. The lowest BCUT2D eigenvalue weighted by Crippen LogP contribution is -2.32. The minimum atomic E-state index is -3.28. The summed E-state index contributed by atoms with van der Waals surface area (Å²) in [7, 11) is -3.28. The molecule has 0 saturated heterocycles. The molecule has 1 aromatic carbocycles. The molecule has 0 saturated carbocycles. The molecule has 1 aromatic heterocycles. The van der Waals surface area contributed by atoms with Crippen LogP contribution in [0.1, 0.15) is 35.3 Å². The van der Waals surface area contributed by atoms with Gasteiger partial charge in [0, 0.05) is 11.4 Å². The molecule has 0 spiro atoms. The van der Waals surface area contributed by atoms with Gasteiger partial charge in [-0.25, -0.2) is 17.9 Å². The summed E-state index contributed by atoms with van der Waals surface area (Å²) in [6.45, 7) is 0.201. The SMILES string of the molecule is CS(=O)(=O)NCCc1ccc(C(=O)ON2C(=O)c3ccccc3C2=O)s1. The number of nitrogens with zero attached hydrogens (tertiary/aromatic N) is 1. The maximum absolute atomic E-state index is 12.2. The number of amides is 2. The number of hydrogen-bond donors (Lipinski definition) is 1. The van der Waals surface area contributed by atoms with Crippen molar-refractivity contribution >= 4 is 39.1 Å². The molecule has 0 radical (unpaired) electrons. The van der Waals surface area contributed by atoms with Crippen molar-refractivity contribution in [1.29, 1.82) is 0 Å². The molecule has 0 aliphatic carbocycles. The Bertz CT molecular complexity index is 961. The van der Waals surface area contributed by atoms with Gasteiger partial charge in [-0.1, -0.05) is 17.2 Å². The molecule has 0 atom stereocenters. The molecule has 1 aliphatic rings. The van der Waals surface area contributed by atoms with Gasteiger partial charge in [0.1, 0.15) is 4.88 Å². The van der Waals surface area contributed by atoms with E-state index in [0.29, 0.717) is 11.5 Å². The van der Waals surface area contributed by atoms with Crippen LogP contribution in [0.15, 0.2) is 36.4 Å². The van der Waals surface area contributed by atoms with Gasteiger partial charge in [0.15, 0.2) is 0 Å². The fraction of sp³-hybridized carbons (Fsp3) is 0.188. The van der Waals surface area contributed by atoms with Crippen LogP contribution >= 0.6 is 11.3 Å². The van der Waals surface area contributed by atoms with E-state index < -0.39 is 27.8 Å². The van der Waals surface area contributed by atoms with Gasteiger partial charge in [0.25, 0.3) is 11.8 Å². The molecule has 2 aromatic rings. The Balaban J connectivity index is 1.65. The van der Waals surface area contributed by atoms with Crippen molar-refractivity contribution in [3.05, 3.63) is 57.3 Å². The predicted octanol–water partition coefficient (Wildman–Crippen LogP) is 1.21. The van der Waals surface area contributed by atoms with E-state index in [1.165, 1.54) is 18.2 Å². The molecule has 8 nitrogen and oxygen atoms in total. The standard InChI is InChI=1S/C16H14N2O6S2/c1-26(22,23)17-9-8-10-6-7-13(25-10)16(21)24-18-14(19)11-4-2-3-5-12(11)15(18)20/h2-7,17H,8-9H2,1H3. The molecule has 136 valence electrons. The molecule has 0 unspecified atom stereocenters. The number of hydroxylamine groups is 2. The first-order valence-corrected chi connectivity index (χ1v) is 10.2. The smallest absolute Gasteiger partial charge is 0.323 e. The van der Waals surface area contributed by atoms with Crippen LogP contribution in [0.25, 0.3) is 0 Å². The van der Waals surface area contributed by atoms with Gasteiger partial charge in [-0.3, -0.25) is 9.59 Å². The van der Waals surface area contributed by atoms with E-state index in [9.17, 15) is 22.8 Å². The van der Waals surface area contributed by atoms with Crippen molar-refractivity contribution < 1.29 is 27.6 Å². The van der Waals surface area contributed by atoms with Gasteiger partial charge < -0.3 is 4.84 Å². The molecule has 2 amide bonds. The van der Waals surface area contributed by atoms with Gasteiger partial charge in [-0.2, -0.15) is 0 Å². The second kappa shape index (κ2) is 6.98. The lowest BCUT2D eigenvalue weighted by molar-refractivity contribution is -0.0581. The summed E-state index contributed by atoms with van der Waals surface area (Å²) in [6, 6.07) is 9.37. The van der Waals surface area contributed by atoms with Crippen molar-refractivity contribution in [2.45, 2.75) is 6.42 Å². The summed E-state index contributed by atoms with van der Waals surface area (Å²) in [4.78, 5) is 42.5. The first-order chi connectivity index (χ1) is 12.3. The number of nitrogens with one attached hydrogen (secondary N) is 1. The highest BCUT2D eigenvalue weighted by Crippen LogP contribution is 2.24. The van der Waals surface area contributed by atoms with Crippen LogP contribution in [0.5, 0.6) is 0 Å². The Hall–Kier alpha value is -2.56. The highest BCUT2D eigenvalue weighted by atomic mass is 32.2. The minimum Gasteiger partial charge on any atom is -0.323 e. The molecule has 26 heavy (non-hydrogen) atoms. The lowest BCUT2D eigenvalue weighted by Gasteiger charge is -2.11. The van der Waals surface area contributed by atoms with Gasteiger partial charge in [0.2, 0.25) is 10.0 Å². The summed E-state index contributed by atoms with van der Waals surface area (Å²) in [5.41, 5.74) is 0.369. The second-order valence-corrected chi connectivity index (χ2v) is 8.51. The predicted molar refractivity (Wildman–Crippen MR) is 93.2 cm³/mol. The summed E-state index contributed by atoms with van der Waals surface area (Å²) >= 11 is 1.10. The minimum absolute atomic E-state index is 0.184. The van der Waals surface area contributed by atoms with E-state index in [1.807, 2.05) is 0 Å². The summed E-state index contributed by atoms with van der Waals surface area (Å²) in [5, 5.41) is 0.456. The first-order valence-electron chi connectivity index (χ1n) is 7.50. The van der Waals surface area contributed by atoms with Crippen molar-refractivity contribution in [1.82, 2.24) is 9.79 Å². The average molecular weight is 394 g/mol. The highest BCUT2D eigenvalue weighted by Gasteiger charge is 2.38. The number of hydrogen-bond acceptors (Lipinski definition) is 7. The molecule has 1 aliphatic heterocycles. The lowest BCUT2D eigenvalue weighted by atomic mass is 10.1. The van der Waals surface area contributed by atoms with Gasteiger partial charge in [0.05, 0.1) is 17.4 Å². The number of rotatable bonds is 6. The third-order valence-electron chi connectivity index (χ3n) is 3.53. The average Bonchev–Trinajstić information content (AvgIpc) is 3.14. The zero-order valence-corrected chi connectivity index (χ0v) is 15.2.